The Morgan fingerprint density at radius 2 is 1.52 bits per heavy atom. The van der Waals surface area contributed by atoms with E-state index in [2.05, 4.69) is 0 Å². The number of imidazole rings is 1. The van der Waals surface area contributed by atoms with E-state index in [1.807, 2.05) is 31.2 Å². The molecule has 0 unspecified atom stereocenters. The summed E-state index contributed by atoms with van der Waals surface area (Å²) in [4.78, 5) is 42.1. The molecule has 1 aromatic heterocycles. The van der Waals surface area contributed by atoms with Gasteiger partial charge in [-0.2, -0.15) is 0 Å². The van der Waals surface area contributed by atoms with Gasteiger partial charge in [-0.1, -0.05) is 25.1 Å². The Bertz CT molecular complexity index is 1200. The Morgan fingerprint density at radius 3 is 2.15 bits per heavy atom. The first-order chi connectivity index (χ1) is 16.0. The molecule has 0 spiro atoms. The number of piperazine rings is 1. The highest BCUT2D eigenvalue weighted by atomic mass is 16.5. The maximum atomic E-state index is 12.9. The van der Waals surface area contributed by atoms with Crippen molar-refractivity contribution >= 4 is 22.8 Å². The maximum absolute atomic E-state index is 12.9. The van der Waals surface area contributed by atoms with Crippen LogP contribution in [0, 0.1) is 0 Å². The molecule has 1 aliphatic heterocycles. The summed E-state index contributed by atoms with van der Waals surface area (Å²) in [6, 6.07) is 14.8. The van der Waals surface area contributed by atoms with Gasteiger partial charge in [0.1, 0.15) is 5.75 Å². The topological polar surface area (TPSA) is 76.8 Å². The number of carbonyl (C=O) groups is 2. The van der Waals surface area contributed by atoms with E-state index >= 15 is 0 Å². The molecule has 0 N–H and O–H groups in total. The van der Waals surface area contributed by atoms with E-state index in [1.165, 1.54) is 0 Å². The van der Waals surface area contributed by atoms with Crippen molar-refractivity contribution in [2.75, 3.05) is 33.3 Å². The fourth-order valence-electron chi connectivity index (χ4n) is 4.39. The molecule has 2 amide bonds. The minimum Gasteiger partial charge on any atom is -0.497 e. The molecule has 2 aromatic carbocycles. The van der Waals surface area contributed by atoms with Crippen molar-refractivity contribution in [3.63, 3.8) is 0 Å². The van der Waals surface area contributed by atoms with Crippen molar-refractivity contribution in [2.45, 2.75) is 32.9 Å². The second kappa shape index (κ2) is 9.94. The number of methoxy groups -OCH3 is 1. The number of aromatic nitrogens is 2. The highest BCUT2D eigenvalue weighted by molar-refractivity contribution is 5.94. The van der Waals surface area contributed by atoms with E-state index in [9.17, 15) is 14.4 Å². The Morgan fingerprint density at radius 1 is 0.879 bits per heavy atom. The summed E-state index contributed by atoms with van der Waals surface area (Å²) in [6.07, 6.45) is 1.12. The molecule has 2 heterocycles. The zero-order valence-electron chi connectivity index (χ0n) is 19.2. The lowest BCUT2D eigenvalue weighted by Gasteiger charge is -2.35. The molecule has 0 bridgehead atoms. The van der Waals surface area contributed by atoms with E-state index < -0.39 is 0 Å². The third kappa shape index (κ3) is 4.65. The smallest absolute Gasteiger partial charge is 0.329 e. The van der Waals surface area contributed by atoms with E-state index in [0.717, 1.165) is 17.5 Å². The van der Waals surface area contributed by atoms with Crippen LogP contribution in [0.5, 0.6) is 5.75 Å². The molecular weight excluding hydrogens is 420 g/mol. The standard InChI is InChI=1S/C25H30N4O4/c1-3-12-28-21-9-4-5-10-22(21)29(25(28)32)13-11-23(30)26-14-16-27(17-15-26)24(31)19-7-6-8-20(18-19)33-2/h4-10,18H,3,11-17H2,1-2H3. The molecule has 1 aliphatic rings. The van der Waals surface area contributed by atoms with Crippen LogP contribution in [-0.4, -0.2) is 64.0 Å². The van der Waals surface area contributed by atoms with Crippen molar-refractivity contribution in [1.29, 1.82) is 0 Å². The summed E-state index contributed by atoms with van der Waals surface area (Å²) in [5.74, 6) is 0.587. The Hall–Kier alpha value is -3.55. The number of aryl methyl sites for hydroxylation is 2. The Labute approximate surface area is 193 Å². The normalized spacial score (nSPS) is 14.0. The number of hydrogen-bond acceptors (Lipinski definition) is 4. The minimum absolute atomic E-state index is 0.00250. The van der Waals surface area contributed by atoms with Gasteiger partial charge in [-0.05, 0) is 36.8 Å². The average Bonchev–Trinajstić information content (AvgIpc) is 3.13. The molecule has 174 valence electrons. The Balaban J connectivity index is 1.37. The van der Waals surface area contributed by atoms with Crippen LogP contribution in [0.1, 0.15) is 30.1 Å². The largest absolute Gasteiger partial charge is 0.497 e. The van der Waals surface area contributed by atoms with Crippen LogP contribution < -0.4 is 10.4 Å². The van der Waals surface area contributed by atoms with Crippen molar-refractivity contribution in [3.8, 4) is 5.75 Å². The molecule has 1 fully saturated rings. The van der Waals surface area contributed by atoms with Gasteiger partial charge in [0, 0.05) is 51.3 Å². The number of amides is 2. The lowest BCUT2D eigenvalue weighted by molar-refractivity contribution is -0.132. The third-order valence-corrected chi connectivity index (χ3v) is 6.16. The SMILES string of the molecule is CCCn1c(=O)n(CCC(=O)N2CCN(C(=O)c3cccc(OC)c3)CC2)c2ccccc21. The fourth-order valence-corrected chi connectivity index (χ4v) is 4.39. The van der Waals surface area contributed by atoms with E-state index in [4.69, 9.17) is 4.74 Å². The van der Waals surface area contributed by atoms with Crippen LogP contribution in [0.15, 0.2) is 53.3 Å². The van der Waals surface area contributed by atoms with Crippen molar-refractivity contribution in [3.05, 3.63) is 64.6 Å². The Kier molecular flexibility index (Phi) is 6.82. The van der Waals surface area contributed by atoms with E-state index in [-0.39, 0.29) is 23.9 Å². The number of rotatable bonds is 7. The maximum Gasteiger partial charge on any atom is 0.329 e. The second-order valence-electron chi connectivity index (χ2n) is 8.23. The van der Waals surface area contributed by atoms with Gasteiger partial charge in [-0.25, -0.2) is 4.79 Å². The highest BCUT2D eigenvalue weighted by Crippen LogP contribution is 2.17. The number of para-hydroxylation sites is 2. The zero-order valence-corrected chi connectivity index (χ0v) is 19.2. The first-order valence-corrected chi connectivity index (χ1v) is 11.4. The molecular formula is C25H30N4O4. The lowest BCUT2D eigenvalue weighted by Crippen LogP contribution is -2.50. The van der Waals surface area contributed by atoms with E-state index in [1.54, 1.807) is 50.3 Å². The predicted octanol–water partition coefficient (Wildman–Crippen LogP) is 2.60. The highest BCUT2D eigenvalue weighted by Gasteiger charge is 2.25. The molecule has 3 aromatic rings. The fraction of sp³-hybridized carbons (Fsp3) is 0.400. The van der Waals surface area contributed by atoms with Gasteiger partial charge in [0.15, 0.2) is 0 Å². The number of carbonyl (C=O) groups excluding carboxylic acids is 2. The first kappa shape index (κ1) is 22.6. The predicted molar refractivity (Wildman–Crippen MR) is 127 cm³/mol. The molecule has 0 saturated carbocycles. The van der Waals surface area contributed by atoms with Crippen molar-refractivity contribution in [1.82, 2.24) is 18.9 Å². The average molecular weight is 451 g/mol. The van der Waals surface area contributed by atoms with Crippen LogP contribution in [0.4, 0.5) is 0 Å². The van der Waals surface area contributed by atoms with Gasteiger partial charge in [-0.15, -0.1) is 0 Å². The van der Waals surface area contributed by atoms with E-state index in [0.29, 0.717) is 50.6 Å². The van der Waals surface area contributed by atoms with Crippen LogP contribution >= 0.6 is 0 Å². The van der Waals surface area contributed by atoms with Gasteiger partial charge in [0.2, 0.25) is 5.91 Å². The summed E-state index contributed by atoms with van der Waals surface area (Å²) in [6.45, 7) is 4.99. The van der Waals surface area contributed by atoms with Gasteiger partial charge in [0.05, 0.1) is 18.1 Å². The summed E-state index contributed by atoms with van der Waals surface area (Å²) in [7, 11) is 1.57. The number of ether oxygens (including phenoxy) is 1. The second-order valence-corrected chi connectivity index (χ2v) is 8.23. The molecule has 1 saturated heterocycles. The molecule has 33 heavy (non-hydrogen) atoms. The number of nitrogens with zero attached hydrogens (tertiary/aromatic N) is 4. The minimum atomic E-state index is -0.0699. The van der Waals surface area contributed by atoms with Gasteiger partial charge < -0.3 is 14.5 Å². The van der Waals surface area contributed by atoms with Gasteiger partial charge in [0.25, 0.3) is 5.91 Å². The van der Waals surface area contributed by atoms with Crippen molar-refractivity contribution < 1.29 is 14.3 Å². The zero-order chi connectivity index (χ0) is 23.4. The molecule has 4 rings (SSSR count). The quantitative estimate of drug-likeness (QED) is 0.555. The number of fused-ring (bicyclic) bond motifs is 1. The van der Waals surface area contributed by atoms with Gasteiger partial charge in [-0.3, -0.25) is 18.7 Å². The molecule has 0 atom stereocenters. The van der Waals surface area contributed by atoms with Gasteiger partial charge >= 0.3 is 5.69 Å². The van der Waals surface area contributed by atoms with Crippen molar-refractivity contribution in [2.24, 2.45) is 0 Å². The number of benzene rings is 2. The summed E-state index contributed by atoms with van der Waals surface area (Å²) in [5.41, 5.74) is 2.27. The first-order valence-electron chi connectivity index (χ1n) is 11.4. The molecule has 0 radical (unpaired) electrons. The third-order valence-electron chi connectivity index (χ3n) is 6.16. The summed E-state index contributed by atoms with van der Waals surface area (Å²) < 4.78 is 8.69. The monoisotopic (exact) mass is 450 g/mol. The molecule has 0 aliphatic carbocycles. The molecule has 8 nitrogen and oxygen atoms in total. The van der Waals surface area contributed by atoms with Crippen LogP contribution in [0.25, 0.3) is 11.0 Å². The van der Waals surface area contributed by atoms with Crippen LogP contribution in [-0.2, 0) is 17.9 Å². The summed E-state index contributed by atoms with van der Waals surface area (Å²) >= 11 is 0. The lowest BCUT2D eigenvalue weighted by atomic mass is 10.1. The number of hydrogen-bond donors (Lipinski definition) is 0. The summed E-state index contributed by atoms with van der Waals surface area (Å²) in [5, 5.41) is 0. The van der Waals surface area contributed by atoms with Crippen LogP contribution in [0.2, 0.25) is 0 Å². The molecule has 8 heteroatoms. The van der Waals surface area contributed by atoms with Crippen LogP contribution in [0.3, 0.4) is 0 Å².